The van der Waals surface area contributed by atoms with Crippen molar-refractivity contribution in [1.82, 2.24) is 10.2 Å². The average molecular weight is 331 g/mol. The van der Waals surface area contributed by atoms with Gasteiger partial charge in [0.05, 0.1) is 0 Å². The van der Waals surface area contributed by atoms with Crippen LogP contribution < -0.4 is 10.1 Å². The first-order valence-corrected chi connectivity index (χ1v) is 7.29. The molecule has 0 spiro atoms. The zero-order valence-electron chi connectivity index (χ0n) is 11.6. The van der Waals surface area contributed by atoms with Crippen LogP contribution in [0.5, 0.6) is 5.75 Å². The van der Waals surface area contributed by atoms with Gasteiger partial charge in [-0.1, -0.05) is 22.0 Å². The number of hydrogen-bond donors (Lipinski definition) is 2. The summed E-state index contributed by atoms with van der Waals surface area (Å²) in [6.07, 6.45) is 0.588. The molecule has 0 radical (unpaired) electrons. The minimum atomic E-state index is -0.488. The second-order valence-electron chi connectivity index (χ2n) is 4.78. The van der Waals surface area contributed by atoms with E-state index in [1.807, 2.05) is 24.3 Å². The van der Waals surface area contributed by atoms with E-state index in [2.05, 4.69) is 40.2 Å². The summed E-state index contributed by atoms with van der Waals surface area (Å²) < 4.78 is 6.49. The highest BCUT2D eigenvalue weighted by Crippen LogP contribution is 2.17. The van der Waals surface area contributed by atoms with E-state index in [4.69, 9.17) is 4.74 Å². The number of halogens is 1. The van der Waals surface area contributed by atoms with Crippen LogP contribution in [0.25, 0.3) is 0 Å². The molecule has 0 bridgehead atoms. The van der Waals surface area contributed by atoms with Crippen molar-refractivity contribution in [3.8, 4) is 5.75 Å². The number of ether oxygens (including phenoxy) is 1. The molecule has 1 aromatic carbocycles. The molecule has 0 saturated heterocycles. The van der Waals surface area contributed by atoms with Crippen molar-refractivity contribution in [1.29, 1.82) is 0 Å². The highest BCUT2D eigenvalue weighted by molar-refractivity contribution is 9.10. The van der Waals surface area contributed by atoms with Gasteiger partial charge in [-0.15, -0.1) is 0 Å². The lowest BCUT2D eigenvalue weighted by Crippen LogP contribution is -2.32. The van der Waals surface area contributed by atoms with Crippen molar-refractivity contribution >= 4 is 15.9 Å². The number of aliphatic hydroxyl groups excluding tert-OH is 1. The van der Waals surface area contributed by atoms with Crippen molar-refractivity contribution in [2.75, 3.05) is 40.3 Å². The Morgan fingerprint density at radius 3 is 2.89 bits per heavy atom. The van der Waals surface area contributed by atoms with E-state index in [1.165, 1.54) is 0 Å². The predicted octanol–water partition coefficient (Wildman–Crippen LogP) is 1.73. The van der Waals surface area contributed by atoms with Crippen LogP contribution in [0.4, 0.5) is 0 Å². The summed E-state index contributed by atoms with van der Waals surface area (Å²) in [5.41, 5.74) is 0. The number of rotatable bonds is 9. The Labute approximate surface area is 123 Å². The van der Waals surface area contributed by atoms with Crippen LogP contribution in [0.2, 0.25) is 0 Å². The summed E-state index contributed by atoms with van der Waals surface area (Å²) in [7, 11) is 4.11. The molecule has 0 fully saturated rings. The van der Waals surface area contributed by atoms with E-state index >= 15 is 0 Å². The molecule has 0 aliphatic rings. The predicted molar refractivity (Wildman–Crippen MR) is 81.7 cm³/mol. The molecule has 0 saturated carbocycles. The smallest absolute Gasteiger partial charge is 0.120 e. The van der Waals surface area contributed by atoms with Gasteiger partial charge in [-0.2, -0.15) is 0 Å². The van der Waals surface area contributed by atoms with Crippen LogP contribution in [-0.4, -0.2) is 56.4 Å². The van der Waals surface area contributed by atoms with Crippen LogP contribution >= 0.6 is 15.9 Å². The van der Waals surface area contributed by atoms with E-state index < -0.39 is 6.10 Å². The fourth-order valence-corrected chi connectivity index (χ4v) is 1.98. The summed E-state index contributed by atoms with van der Waals surface area (Å²) >= 11 is 3.38. The van der Waals surface area contributed by atoms with Crippen molar-refractivity contribution < 1.29 is 9.84 Å². The first kappa shape index (κ1) is 16.4. The highest BCUT2D eigenvalue weighted by atomic mass is 79.9. The van der Waals surface area contributed by atoms with Gasteiger partial charge in [-0.05, 0) is 51.8 Å². The summed E-state index contributed by atoms with van der Waals surface area (Å²) in [4.78, 5) is 2.15. The molecule has 0 aromatic heterocycles. The first-order chi connectivity index (χ1) is 9.08. The van der Waals surface area contributed by atoms with Gasteiger partial charge in [0, 0.05) is 11.0 Å². The zero-order chi connectivity index (χ0) is 14.1. The number of benzene rings is 1. The second-order valence-corrected chi connectivity index (χ2v) is 5.70. The average Bonchev–Trinajstić information content (AvgIpc) is 2.35. The third kappa shape index (κ3) is 8.21. The monoisotopic (exact) mass is 330 g/mol. The minimum absolute atomic E-state index is 0.303. The highest BCUT2D eigenvalue weighted by Gasteiger charge is 2.05. The summed E-state index contributed by atoms with van der Waals surface area (Å²) in [6.45, 7) is 2.82. The van der Waals surface area contributed by atoms with Crippen LogP contribution in [0, 0.1) is 0 Å². The van der Waals surface area contributed by atoms with E-state index in [0.717, 1.165) is 29.7 Å². The molecule has 5 heteroatoms. The largest absolute Gasteiger partial charge is 0.491 e. The molecule has 0 amide bonds. The quantitative estimate of drug-likeness (QED) is 0.677. The van der Waals surface area contributed by atoms with Crippen molar-refractivity contribution in [3.63, 3.8) is 0 Å². The Balaban J connectivity index is 2.09. The molecule has 2 N–H and O–H groups in total. The number of nitrogens with zero attached hydrogens (tertiary/aromatic N) is 1. The molecule has 0 aliphatic heterocycles. The molecule has 108 valence electrons. The lowest BCUT2D eigenvalue weighted by Gasteiger charge is -2.14. The lowest BCUT2D eigenvalue weighted by molar-refractivity contribution is 0.106. The van der Waals surface area contributed by atoms with Gasteiger partial charge in [-0.3, -0.25) is 0 Å². The number of hydrogen-bond acceptors (Lipinski definition) is 4. The Morgan fingerprint density at radius 2 is 2.21 bits per heavy atom. The minimum Gasteiger partial charge on any atom is -0.491 e. The van der Waals surface area contributed by atoms with Crippen LogP contribution in [-0.2, 0) is 0 Å². The SMILES string of the molecule is CN(C)CCCNCC(O)COc1cccc(Br)c1. The third-order valence-electron chi connectivity index (χ3n) is 2.58. The zero-order valence-corrected chi connectivity index (χ0v) is 13.2. The number of nitrogens with one attached hydrogen (secondary N) is 1. The Kier molecular flexibility index (Phi) is 8.05. The standard InChI is InChI=1S/C14H23BrN2O2/c1-17(2)8-4-7-16-10-13(18)11-19-14-6-3-5-12(15)9-14/h3,5-6,9,13,16,18H,4,7-8,10-11H2,1-2H3. The molecule has 0 heterocycles. The number of aliphatic hydroxyl groups is 1. The molecule has 1 rings (SSSR count). The lowest BCUT2D eigenvalue weighted by atomic mass is 10.3. The van der Waals surface area contributed by atoms with Gasteiger partial charge in [0.1, 0.15) is 18.5 Å². The van der Waals surface area contributed by atoms with Gasteiger partial charge in [0.2, 0.25) is 0 Å². The fourth-order valence-electron chi connectivity index (χ4n) is 1.60. The molecule has 1 unspecified atom stereocenters. The normalized spacial score (nSPS) is 12.7. The van der Waals surface area contributed by atoms with Gasteiger partial charge >= 0.3 is 0 Å². The molecule has 1 atom stereocenters. The first-order valence-electron chi connectivity index (χ1n) is 6.50. The van der Waals surface area contributed by atoms with E-state index in [0.29, 0.717) is 13.2 Å². The topological polar surface area (TPSA) is 44.7 Å². The van der Waals surface area contributed by atoms with E-state index in [-0.39, 0.29) is 0 Å². The van der Waals surface area contributed by atoms with Gasteiger partial charge in [0.15, 0.2) is 0 Å². The molecular weight excluding hydrogens is 308 g/mol. The van der Waals surface area contributed by atoms with Crippen LogP contribution in [0.15, 0.2) is 28.7 Å². The molecule has 4 nitrogen and oxygen atoms in total. The maximum atomic E-state index is 9.78. The molecule has 0 aliphatic carbocycles. The van der Waals surface area contributed by atoms with Gasteiger partial charge in [-0.25, -0.2) is 0 Å². The maximum absolute atomic E-state index is 9.78. The van der Waals surface area contributed by atoms with Crippen LogP contribution in [0.1, 0.15) is 6.42 Å². The fraction of sp³-hybridized carbons (Fsp3) is 0.571. The van der Waals surface area contributed by atoms with Crippen LogP contribution in [0.3, 0.4) is 0 Å². The summed E-state index contributed by atoms with van der Waals surface area (Å²) in [5.74, 6) is 0.765. The van der Waals surface area contributed by atoms with Gasteiger partial charge in [0.25, 0.3) is 0 Å². The Morgan fingerprint density at radius 1 is 1.42 bits per heavy atom. The molecule has 1 aromatic rings. The summed E-state index contributed by atoms with van der Waals surface area (Å²) in [6, 6.07) is 7.61. The Bertz CT molecular complexity index is 361. The van der Waals surface area contributed by atoms with E-state index in [9.17, 15) is 5.11 Å². The van der Waals surface area contributed by atoms with Gasteiger partial charge < -0.3 is 20.1 Å². The summed E-state index contributed by atoms with van der Waals surface area (Å²) in [5, 5.41) is 13.0. The van der Waals surface area contributed by atoms with Crippen molar-refractivity contribution in [2.24, 2.45) is 0 Å². The molecule has 19 heavy (non-hydrogen) atoms. The molecular formula is C14H23BrN2O2. The maximum Gasteiger partial charge on any atom is 0.120 e. The van der Waals surface area contributed by atoms with Crippen molar-refractivity contribution in [2.45, 2.75) is 12.5 Å². The Hall–Kier alpha value is -0.620. The third-order valence-corrected chi connectivity index (χ3v) is 3.07. The second kappa shape index (κ2) is 9.31. The van der Waals surface area contributed by atoms with Crippen molar-refractivity contribution in [3.05, 3.63) is 28.7 Å². The van der Waals surface area contributed by atoms with E-state index in [1.54, 1.807) is 0 Å².